The third kappa shape index (κ3) is 1.93. The molecule has 0 bridgehead atoms. The van der Waals surface area contributed by atoms with E-state index in [1.54, 1.807) is 11.3 Å². The Bertz CT molecular complexity index is 666. The van der Waals surface area contributed by atoms with E-state index in [1.807, 2.05) is 6.33 Å². The molecular weight excluding hydrogens is 242 g/mol. The van der Waals surface area contributed by atoms with Gasteiger partial charge in [0.1, 0.15) is 6.33 Å². The Labute approximate surface area is 110 Å². The van der Waals surface area contributed by atoms with Crippen molar-refractivity contribution < 1.29 is 0 Å². The van der Waals surface area contributed by atoms with Crippen molar-refractivity contribution in [3.05, 3.63) is 36.0 Å². The predicted octanol–water partition coefficient (Wildman–Crippen LogP) is 3.82. The van der Waals surface area contributed by atoms with E-state index in [0.717, 1.165) is 12.4 Å². The number of nitrogens with zero attached hydrogens (tertiary/aromatic N) is 3. The summed E-state index contributed by atoms with van der Waals surface area (Å²) in [6.45, 7) is 5.36. The molecule has 0 N–H and O–H groups in total. The molecule has 3 nitrogen and oxygen atoms in total. The number of fused-ring (bicyclic) bond motifs is 1. The molecule has 3 aromatic rings. The van der Waals surface area contributed by atoms with Crippen molar-refractivity contribution in [2.75, 3.05) is 0 Å². The van der Waals surface area contributed by atoms with Crippen molar-refractivity contribution in [2.45, 2.75) is 20.4 Å². The monoisotopic (exact) mass is 257 g/mol. The van der Waals surface area contributed by atoms with Crippen LogP contribution in [0, 0.1) is 5.92 Å². The second-order valence-electron chi connectivity index (χ2n) is 4.85. The Morgan fingerprint density at radius 1 is 1.28 bits per heavy atom. The topological polar surface area (TPSA) is 30.7 Å². The summed E-state index contributed by atoms with van der Waals surface area (Å²) in [5.74, 6) is 1.56. The summed E-state index contributed by atoms with van der Waals surface area (Å²) in [5, 5.41) is 11.8. The summed E-state index contributed by atoms with van der Waals surface area (Å²) in [4.78, 5) is 0. The molecule has 2 heterocycles. The lowest BCUT2D eigenvalue weighted by molar-refractivity contribution is 0.525. The van der Waals surface area contributed by atoms with Crippen LogP contribution < -0.4 is 0 Å². The normalized spacial score (nSPS) is 11.5. The molecule has 0 radical (unpaired) electrons. The molecule has 0 aliphatic carbocycles. The van der Waals surface area contributed by atoms with Crippen LogP contribution in [0.1, 0.15) is 13.8 Å². The van der Waals surface area contributed by atoms with Gasteiger partial charge in [0.15, 0.2) is 5.82 Å². The minimum absolute atomic E-state index is 0.588. The average molecular weight is 257 g/mol. The minimum Gasteiger partial charge on any atom is -0.313 e. The Morgan fingerprint density at radius 2 is 2.11 bits per heavy atom. The Morgan fingerprint density at radius 3 is 2.94 bits per heavy atom. The number of rotatable bonds is 3. The molecule has 0 saturated carbocycles. The van der Waals surface area contributed by atoms with Gasteiger partial charge in [0.25, 0.3) is 0 Å². The molecule has 0 atom stereocenters. The molecule has 0 aliphatic heterocycles. The number of hydrogen-bond acceptors (Lipinski definition) is 3. The van der Waals surface area contributed by atoms with Crippen LogP contribution in [0.3, 0.4) is 0 Å². The molecule has 1 aromatic carbocycles. The van der Waals surface area contributed by atoms with Gasteiger partial charge in [-0.05, 0) is 12.0 Å². The fourth-order valence-electron chi connectivity index (χ4n) is 2.14. The van der Waals surface area contributed by atoms with E-state index in [0.29, 0.717) is 5.92 Å². The smallest absolute Gasteiger partial charge is 0.165 e. The first-order valence-corrected chi connectivity index (χ1v) is 6.98. The standard InChI is InChI=1S/C14H15N3S/c1-10(2)7-17-9-15-16-14(17)12-8-18-13-6-4-3-5-11(12)13/h3-6,8-10H,7H2,1-2H3. The average Bonchev–Trinajstić information content (AvgIpc) is 2.94. The molecule has 3 rings (SSSR count). The van der Waals surface area contributed by atoms with E-state index in [9.17, 15) is 0 Å². The molecule has 4 heteroatoms. The van der Waals surface area contributed by atoms with Crippen molar-refractivity contribution in [3.63, 3.8) is 0 Å². The molecule has 0 saturated heterocycles. The van der Waals surface area contributed by atoms with Gasteiger partial charge in [-0.15, -0.1) is 21.5 Å². The summed E-state index contributed by atoms with van der Waals surface area (Å²) >= 11 is 1.76. The summed E-state index contributed by atoms with van der Waals surface area (Å²) in [5.41, 5.74) is 1.19. The molecule has 2 aromatic heterocycles. The quantitative estimate of drug-likeness (QED) is 0.714. The van der Waals surface area contributed by atoms with Gasteiger partial charge in [-0.3, -0.25) is 0 Å². The second-order valence-corrected chi connectivity index (χ2v) is 5.76. The van der Waals surface area contributed by atoms with E-state index in [1.165, 1.54) is 15.6 Å². The molecule has 0 spiro atoms. The molecule has 0 amide bonds. The zero-order valence-corrected chi connectivity index (χ0v) is 11.3. The summed E-state index contributed by atoms with van der Waals surface area (Å²) in [6.07, 6.45) is 1.82. The van der Waals surface area contributed by atoms with Crippen LogP contribution in [0.5, 0.6) is 0 Å². The first-order valence-electron chi connectivity index (χ1n) is 6.10. The van der Waals surface area contributed by atoms with Gasteiger partial charge in [0.05, 0.1) is 0 Å². The molecule has 0 aliphatic rings. The van der Waals surface area contributed by atoms with Crippen molar-refractivity contribution in [2.24, 2.45) is 5.92 Å². The maximum atomic E-state index is 4.28. The Balaban J connectivity index is 2.12. The van der Waals surface area contributed by atoms with E-state index >= 15 is 0 Å². The SMILES string of the molecule is CC(C)Cn1cnnc1-c1csc2ccccc12. The lowest BCUT2D eigenvalue weighted by Crippen LogP contribution is -2.04. The van der Waals surface area contributed by atoms with Crippen LogP contribution in [0.2, 0.25) is 0 Å². The van der Waals surface area contributed by atoms with Crippen molar-refractivity contribution in [1.29, 1.82) is 0 Å². The number of aromatic nitrogens is 3. The maximum Gasteiger partial charge on any atom is 0.165 e. The maximum absolute atomic E-state index is 4.28. The molecule has 0 fully saturated rings. The van der Waals surface area contributed by atoms with Gasteiger partial charge in [-0.25, -0.2) is 0 Å². The third-order valence-electron chi connectivity index (χ3n) is 2.90. The van der Waals surface area contributed by atoms with Crippen molar-refractivity contribution in [3.8, 4) is 11.4 Å². The summed E-state index contributed by atoms with van der Waals surface area (Å²) in [6, 6.07) is 8.44. The van der Waals surface area contributed by atoms with Crippen LogP contribution in [-0.4, -0.2) is 14.8 Å². The van der Waals surface area contributed by atoms with Crippen molar-refractivity contribution in [1.82, 2.24) is 14.8 Å². The predicted molar refractivity (Wildman–Crippen MR) is 75.7 cm³/mol. The van der Waals surface area contributed by atoms with Gasteiger partial charge in [-0.1, -0.05) is 32.0 Å². The van der Waals surface area contributed by atoms with E-state index in [2.05, 4.69) is 58.3 Å². The number of hydrogen-bond donors (Lipinski definition) is 0. The highest BCUT2D eigenvalue weighted by atomic mass is 32.1. The fourth-order valence-corrected chi connectivity index (χ4v) is 3.08. The summed E-state index contributed by atoms with van der Waals surface area (Å²) < 4.78 is 3.44. The molecular formula is C14H15N3S. The minimum atomic E-state index is 0.588. The Hall–Kier alpha value is -1.68. The van der Waals surface area contributed by atoms with Gasteiger partial charge in [0, 0.05) is 27.6 Å². The highest BCUT2D eigenvalue weighted by Gasteiger charge is 2.12. The lowest BCUT2D eigenvalue weighted by Gasteiger charge is -2.08. The largest absolute Gasteiger partial charge is 0.313 e. The number of thiophene rings is 1. The zero-order valence-electron chi connectivity index (χ0n) is 10.5. The van der Waals surface area contributed by atoms with Crippen LogP contribution in [0.25, 0.3) is 21.5 Å². The Kier molecular flexibility index (Phi) is 2.88. The highest BCUT2D eigenvalue weighted by Crippen LogP contribution is 2.32. The van der Waals surface area contributed by atoms with E-state index in [-0.39, 0.29) is 0 Å². The van der Waals surface area contributed by atoms with Gasteiger partial charge in [-0.2, -0.15) is 0 Å². The first kappa shape index (κ1) is 11.4. The van der Waals surface area contributed by atoms with E-state index in [4.69, 9.17) is 0 Å². The molecule has 0 unspecified atom stereocenters. The molecule has 18 heavy (non-hydrogen) atoms. The third-order valence-corrected chi connectivity index (χ3v) is 3.86. The van der Waals surface area contributed by atoms with Crippen LogP contribution in [0.15, 0.2) is 36.0 Å². The second kappa shape index (κ2) is 4.53. The van der Waals surface area contributed by atoms with Crippen LogP contribution >= 0.6 is 11.3 Å². The van der Waals surface area contributed by atoms with Gasteiger partial charge in [0.2, 0.25) is 0 Å². The van der Waals surface area contributed by atoms with Gasteiger partial charge < -0.3 is 4.57 Å². The van der Waals surface area contributed by atoms with Crippen LogP contribution in [0.4, 0.5) is 0 Å². The van der Waals surface area contributed by atoms with E-state index < -0.39 is 0 Å². The molecule has 92 valence electrons. The highest BCUT2D eigenvalue weighted by molar-refractivity contribution is 7.17. The fraction of sp³-hybridized carbons (Fsp3) is 0.286. The van der Waals surface area contributed by atoms with Gasteiger partial charge >= 0.3 is 0 Å². The first-order chi connectivity index (χ1) is 8.75. The zero-order chi connectivity index (χ0) is 12.5. The van der Waals surface area contributed by atoms with Crippen molar-refractivity contribution >= 4 is 21.4 Å². The number of benzene rings is 1. The van der Waals surface area contributed by atoms with Crippen LogP contribution in [-0.2, 0) is 6.54 Å². The lowest BCUT2D eigenvalue weighted by atomic mass is 10.1. The summed E-state index contributed by atoms with van der Waals surface area (Å²) in [7, 11) is 0.